The summed E-state index contributed by atoms with van der Waals surface area (Å²) in [5.41, 5.74) is 7.02. The number of hydrogen-bond donors (Lipinski definition) is 2. The molecule has 1 aliphatic rings. The first-order valence-corrected chi connectivity index (χ1v) is 9.89. The summed E-state index contributed by atoms with van der Waals surface area (Å²) in [6, 6.07) is 15.1. The Bertz CT molecular complexity index is 887. The van der Waals surface area contributed by atoms with Crippen LogP contribution in [0, 0.1) is 0 Å². The second-order valence-electron chi connectivity index (χ2n) is 7.12. The molecule has 0 spiro atoms. The fourth-order valence-corrected chi connectivity index (χ4v) is 4.01. The average molecular weight is 385 g/mol. The third-order valence-corrected chi connectivity index (χ3v) is 5.37. The maximum absolute atomic E-state index is 5.98. The topological polar surface area (TPSA) is 37.0 Å². The summed E-state index contributed by atoms with van der Waals surface area (Å²) >= 11 is 0. The Kier molecular flexibility index (Phi) is 6.81. The van der Waals surface area contributed by atoms with Gasteiger partial charge in [0.25, 0.3) is 0 Å². The number of aryl methyl sites for hydroxylation is 2. The van der Waals surface area contributed by atoms with Gasteiger partial charge in [0.1, 0.15) is 5.75 Å². The van der Waals surface area contributed by atoms with Crippen molar-refractivity contribution in [3.05, 3.63) is 64.8 Å². The number of hydrogen-bond acceptors (Lipinski definition) is 2. The van der Waals surface area contributed by atoms with Gasteiger partial charge >= 0.3 is 0 Å². The Morgan fingerprint density at radius 3 is 2.78 bits per heavy atom. The van der Waals surface area contributed by atoms with E-state index in [4.69, 9.17) is 4.74 Å². The number of aromatic nitrogens is 1. The van der Waals surface area contributed by atoms with E-state index in [2.05, 4.69) is 59.7 Å². The van der Waals surface area contributed by atoms with Gasteiger partial charge in [0.05, 0.1) is 6.61 Å². The van der Waals surface area contributed by atoms with Crippen LogP contribution in [0.3, 0.4) is 0 Å². The van der Waals surface area contributed by atoms with Crippen LogP contribution in [0.4, 0.5) is 0 Å². The molecular weight excluding hydrogens is 356 g/mol. The van der Waals surface area contributed by atoms with Crippen LogP contribution in [-0.2, 0) is 25.7 Å². The summed E-state index contributed by atoms with van der Waals surface area (Å²) in [6.07, 6.45) is 5.36. The number of halogens is 1. The smallest absolute Gasteiger partial charge is 0.119 e. The quantitative estimate of drug-likeness (QED) is 0.596. The molecule has 0 saturated carbocycles. The normalized spacial score (nSPS) is 13.7. The van der Waals surface area contributed by atoms with Crippen molar-refractivity contribution in [3.8, 4) is 5.75 Å². The lowest BCUT2D eigenvalue weighted by Crippen LogP contribution is -2.16. The molecule has 2 aromatic carbocycles. The fourth-order valence-electron chi connectivity index (χ4n) is 4.01. The summed E-state index contributed by atoms with van der Waals surface area (Å²) in [6.45, 7) is 5.08. The molecule has 2 heterocycles. The lowest BCUT2D eigenvalue weighted by atomic mass is 9.99. The maximum atomic E-state index is 5.98. The molecule has 144 valence electrons. The lowest BCUT2D eigenvalue weighted by Gasteiger charge is -2.09. The van der Waals surface area contributed by atoms with E-state index in [-0.39, 0.29) is 12.4 Å². The summed E-state index contributed by atoms with van der Waals surface area (Å²) in [7, 11) is 0. The number of rotatable bonds is 6. The van der Waals surface area contributed by atoms with E-state index in [1.54, 1.807) is 0 Å². The van der Waals surface area contributed by atoms with Crippen molar-refractivity contribution in [2.45, 2.75) is 39.0 Å². The largest absolute Gasteiger partial charge is 0.494 e. The van der Waals surface area contributed by atoms with Crippen molar-refractivity contribution in [2.24, 2.45) is 0 Å². The molecule has 0 radical (unpaired) electrons. The molecule has 0 bridgehead atoms. The molecule has 4 heteroatoms. The SMILES string of the molecule is CCc1cccc(OCCCc2cccc3[nH]c4c(c23)CCNCC4)c1.Cl. The highest BCUT2D eigenvalue weighted by atomic mass is 35.5. The number of ether oxygens (including phenoxy) is 1. The van der Waals surface area contributed by atoms with Gasteiger partial charge in [-0.1, -0.05) is 31.2 Å². The van der Waals surface area contributed by atoms with E-state index in [0.717, 1.165) is 57.6 Å². The second kappa shape index (κ2) is 9.29. The summed E-state index contributed by atoms with van der Waals surface area (Å²) < 4.78 is 5.98. The summed E-state index contributed by atoms with van der Waals surface area (Å²) in [5, 5.41) is 4.96. The summed E-state index contributed by atoms with van der Waals surface area (Å²) in [5.74, 6) is 0.990. The molecule has 1 aliphatic heterocycles. The Morgan fingerprint density at radius 1 is 1.04 bits per heavy atom. The molecule has 0 saturated heterocycles. The van der Waals surface area contributed by atoms with Gasteiger partial charge in [0.15, 0.2) is 0 Å². The minimum atomic E-state index is 0. The predicted molar refractivity (Wildman–Crippen MR) is 115 cm³/mol. The van der Waals surface area contributed by atoms with E-state index in [0.29, 0.717) is 0 Å². The molecular formula is C23H29ClN2O. The van der Waals surface area contributed by atoms with Gasteiger partial charge in [-0.25, -0.2) is 0 Å². The first-order valence-electron chi connectivity index (χ1n) is 9.89. The molecule has 0 aliphatic carbocycles. The molecule has 1 aromatic heterocycles. The molecule has 0 amide bonds. The third kappa shape index (κ3) is 4.48. The second-order valence-corrected chi connectivity index (χ2v) is 7.12. The van der Waals surface area contributed by atoms with Crippen molar-refractivity contribution < 1.29 is 4.74 Å². The Morgan fingerprint density at radius 2 is 1.89 bits per heavy atom. The Balaban J connectivity index is 0.00000210. The van der Waals surface area contributed by atoms with Crippen molar-refractivity contribution >= 4 is 23.3 Å². The van der Waals surface area contributed by atoms with Gasteiger partial charge in [0.2, 0.25) is 0 Å². The molecule has 3 aromatic rings. The highest BCUT2D eigenvalue weighted by Crippen LogP contribution is 2.28. The van der Waals surface area contributed by atoms with Gasteiger partial charge in [-0.05, 0) is 67.1 Å². The summed E-state index contributed by atoms with van der Waals surface area (Å²) in [4.78, 5) is 3.65. The predicted octanol–water partition coefficient (Wildman–Crippen LogP) is 4.85. The van der Waals surface area contributed by atoms with Crippen molar-refractivity contribution in [1.29, 1.82) is 0 Å². The molecule has 3 nitrogen and oxygen atoms in total. The molecule has 2 N–H and O–H groups in total. The van der Waals surface area contributed by atoms with E-state index < -0.39 is 0 Å². The molecule has 0 unspecified atom stereocenters. The van der Waals surface area contributed by atoms with Gasteiger partial charge in [-0.2, -0.15) is 0 Å². The van der Waals surface area contributed by atoms with E-state index >= 15 is 0 Å². The lowest BCUT2D eigenvalue weighted by molar-refractivity contribution is 0.311. The van der Waals surface area contributed by atoms with E-state index in [9.17, 15) is 0 Å². The zero-order chi connectivity index (χ0) is 17.8. The molecule has 0 atom stereocenters. The minimum Gasteiger partial charge on any atom is -0.494 e. The zero-order valence-corrected chi connectivity index (χ0v) is 16.8. The number of nitrogens with one attached hydrogen (secondary N) is 2. The minimum absolute atomic E-state index is 0. The number of fused-ring (bicyclic) bond motifs is 3. The highest BCUT2D eigenvalue weighted by Gasteiger charge is 2.16. The first kappa shape index (κ1) is 19.8. The Labute approximate surface area is 167 Å². The average Bonchev–Trinajstić information content (AvgIpc) is 2.87. The van der Waals surface area contributed by atoms with Crippen molar-refractivity contribution in [1.82, 2.24) is 10.3 Å². The standard InChI is InChI=1S/C23H28N2O.ClH/c1-2-17-6-3-9-19(16-17)26-15-5-8-18-7-4-10-22-23(18)20-11-13-24-14-12-21(20)25-22;/h3-4,6-7,9-10,16,24-25H,2,5,8,11-15H2,1H3;1H. The van der Waals surface area contributed by atoms with Crippen LogP contribution in [0.2, 0.25) is 0 Å². The third-order valence-electron chi connectivity index (χ3n) is 5.37. The molecule has 27 heavy (non-hydrogen) atoms. The van der Waals surface area contributed by atoms with Crippen molar-refractivity contribution in [2.75, 3.05) is 19.7 Å². The van der Waals surface area contributed by atoms with Gasteiger partial charge in [0, 0.05) is 29.6 Å². The molecule has 0 fully saturated rings. The van der Waals surface area contributed by atoms with Crippen LogP contribution >= 0.6 is 12.4 Å². The van der Waals surface area contributed by atoms with Crippen molar-refractivity contribution in [3.63, 3.8) is 0 Å². The van der Waals surface area contributed by atoms with Crippen LogP contribution in [0.5, 0.6) is 5.75 Å². The van der Waals surface area contributed by atoms with Gasteiger partial charge in [-0.15, -0.1) is 12.4 Å². The zero-order valence-electron chi connectivity index (χ0n) is 16.0. The van der Waals surface area contributed by atoms with E-state index in [1.807, 2.05) is 0 Å². The van der Waals surface area contributed by atoms with Crippen LogP contribution in [-0.4, -0.2) is 24.7 Å². The van der Waals surface area contributed by atoms with Crippen LogP contribution < -0.4 is 10.1 Å². The van der Waals surface area contributed by atoms with Crippen LogP contribution in [0.15, 0.2) is 42.5 Å². The van der Waals surface area contributed by atoms with Crippen LogP contribution in [0.25, 0.3) is 10.9 Å². The highest BCUT2D eigenvalue weighted by molar-refractivity contribution is 5.88. The monoisotopic (exact) mass is 384 g/mol. The van der Waals surface area contributed by atoms with Gasteiger partial charge in [-0.3, -0.25) is 0 Å². The first-order chi connectivity index (χ1) is 12.8. The number of aromatic amines is 1. The Hall–Kier alpha value is -1.97. The number of benzene rings is 2. The fraction of sp³-hybridized carbons (Fsp3) is 0.391. The maximum Gasteiger partial charge on any atom is 0.119 e. The number of H-pyrrole nitrogens is 1. The van der Waals surface area contributed by atoms with E-state index in [1.165, 1.54) is 33.3 Å². The molecule has 4 rings (SSSR count). The van der Waals surface area contributed by atoms with Gasteiger partial charge < -0.3 is 15.0 Å². The van der Waals surface area contributed by atoms with Crippen LogP contribution in [0.1, 0.15) is 35.7 Å².